The van der Waals surface area contributed by atoms with Crippen molar-refractivity contribution in [2.24, 2.45) is 0 Å². The van der Waals surface area contributed by atoms with Crippen LogP contribution in [0.2, 0.25) is 0 Å². The van der Waals surface area contributed by atoms with Gasteiger partial charge in [0.05, 0.1) is 7.11 Å². The van der Waals surface area contributed by atoms with Crippen molar-refractivity contribution in [1.82, 2.24) is 0 Å². The van der Waals surface area contributed by atoms with Crippen LogP contribution in [0.4, 0.5) is 0 Å². The molecular weight excluding hydrogens is 216 g/mol. The normalized spacial score (nSPS) is 10.2. The van der Waals surface area contributed by atoms with Gasteiger partial charge >= 0.3 is 5.97 Å². The van der Waals surface area contributed by atoms with Gasteiger partial charge in [0.25, 0.3) is 0 Å². The summed E-state index contributed by atoms with van der Waals surface area (Å²) in [5.74, 6) is 1.15. The van der Waals surface area contributed by atoms with Gasteiger partial charge in [-0.2, -0.15) is 0 Å². The Morgan fingerprint density at radius 1 is 1.29 bits per heavy atom. The molecule has 1 heterocycles. The first-order valence-electron chi connectivity index (χ1n) is 5.42. The van der Waals surface area contributed by atoms with Crippen molar-refractivity contribution in [3.05, 3.63) is 47.9 Å². The molecule has 0 aliphatic carbocycles. The maximum absolute atomic E-state index is 11.2. The number of ether oxygens (including phenoxy) is 1. The topological polar surface area (TPSA) is 39.4 Å². The minimum atomic E-state index is -0.293. The lowest BCUT2D eigenvalue weighted by Gasteiger charge is -1.96. The van der Waals surface area contributed by atoms with Crippen LogP contribution in [0.3, 0.4) is 0 Å². The molecule has 0 unspecified atom stereocenters. The molecule has 0 saturated carbocycles. The first kappa shape index (κ1) is 11.5. The minimum absolute atomic E-state index is 0.171. The largest absolute Gasteiger partial charge is 0.469 e. The van der Waals surface area contributed by atoms with E-state index < -0.39 is 0 Å². The fourth-order valence-corrected chi connectivity index (χ4v) is 1.75. The zero-order valence-electron chi connectivity index (χ0n) is 9.90. The van der Waals surface area contributed by atoms with E-state index in [0.29, 0.717) is 5.76 Å². The molecule has 0 spiro atoms. The van der Waals surface area contributed by atoms with Crippen molar-refractivity contribution in [2.75, 3.05) is 7.11 Å². The summed E-state index contributed by atoms with van der Waals surface area (Å²) in [5.41, 5.74) is 2.11. The highest BCUT2D eigenvalue weighted by molar-refractivity contribution is 5.73. The number of aryl methyl sites for hydroxylation is 1. The van der Waals surface area contributed by atoms with Gasteiger partial charge in [-0.15, -0.1) is 0 Å². The van der Waals surface area contributed by atoms with Gasteiger partial charge in [-0.3, -0.25) is 4.79 Å². The number of benzene rings is 1. The fraction of sp³-hybridized carbons (Fsp3) is 0.214. The first-order valence-corrected chi connectivity index (χ1v) is 5.42. The summed E-state index contributed by atoms with van der Waals surface area (Å²) < 4.78 is 10.2. The average Bonchev–Trinajstić information content (AvgIpc) is 2.71. The molecule has 1 aromatic carbocycles. The van der Waals surface area contributed by atoms with E-state index in [4.69, 9.17) is 4.42 Å². The van der Waals surface area contributed by atoms with E-state index in [0.717, 1.165) is 16.9 Å². The van der Waals surface area contributed by atoms with Crippen molar-refractivity contribution < 1.29 is 13.9 Å². The second-order valence-electron chi connectivity index (χ2n) is 3.80. The molecule has 0 fully saturated rings. The summed E-state index contributed by atoms with van der Waals surface area (Å²) in [6, 6.07) is 11.8. The van der Waals surface area contributed by atoms with Crippen molar-refractivity contribution >= 4 is 5.97 Å². The molecule has 88 valence electrons. The van der Waals surface area contributed by atoms with Crippen LogP contribution in [0.1, 0.15) is 11.5 Å². The van der Waals surface area contributed by atoms with E-state index in [1.165, 1.54) is 7.11 Å². The van der Waals surface area contributed by atoms with Crippen LogP contribution in [0, 0.1) is 6.92 Å². The SMILES string of the molecule is COC(=O)Cc1cc(-c2ccccc2)c(C)o1. The van der Waals surface area contributed by atoms with Crippen LogP contribution in [-0.2, 0) is 16.0 Å². The van der Waals surface area contributed by atoms with Gasteiger partial charge in [0, 0.05) is 5.56 Å². The lowest BCUT2D eigenvalue weighted by atomic mass is 10.1. The average molecular weight is 230 g/mol. The van der Waals surface area contributed by atoms with E-state index in [1.807, 2.05) is 43.3 Å². The lowest BCUT2D eigenvalue weighted by Crippen LogP contribution is -2.03. The van der Waals surface area contributed by atoms with Crippen molar-refractivity contribution in [1.29, 1.82) is 0 Å². The molecule has 3 nitrogen and oxygen atoms in total. The van der Waals surface area contributed by atoms with Crippen molar-refractivity contribution in [3.63, 3.8) is 0 Å². The Hall–Kier alpha value is -2.03. The maximum Gasteiger partial charge on any atom is 0.313 e. The Balaban J connectivity index is 2.28. The van der Waals surface area contributed by atoms with Gasteiger partial charge in [0.15, 0.2) is 0 Å². The van der Waals surface area contributed by atoms with Crippen LogP contribution < -0.4 is 0 Å². The monoisotopic (exact) mass is 230 g/mol. The third-order valence-corrected chi connectivity index (χ3v) is 2.60. The Morgan fingerprint density at radius 3 is 2.65 bits per heavy atom. The van der Waals surface area contributed by atoms with Gasteiger partial charge in [-0.05, 0) is 18.6 Å². The van der Waals surface area contributed by atoms with E-state index in [-0.39, 0.29) is 12.4 Å². The molecule has 0 bridgehead atoms. The molecule has 0 radical (unpaired) electrons. The summed E-state index contributed by atoms with van der Waals surface area (Å²) in [7, 11) is 1.37. The molecule has 17 heavy (non-hydrogen) atoms. The molecule has 2 rings (SSSR count). The van der Waals surface area contributed by atoms with Crippen LogP contribution in [0.5, 0.6) is 0 Å². The Labute approximate surface area is 100 Å². The summed E-state index contributed by atoms with van der Waals surface area (Å²) in [6.07, 6.45) is 0.171. The van der Waals surface area contributed by atoms with Crippen LogP contribution >= 0.6 is 0 Å². The fourth-order valence-electron chi connectivity index (χ4n) is 1.75. The van der Waals surface area contributed by atoms with Crippen molar-refractivity contribution in [3.8, 4) is 11.1 Å². The molecule has 0 amide bonds. The number of carbonyl (C=O) groups is 1. The molecular formula is C14H14O3. The Kier molecular flexibility index (Phi) is 3.28. The van der Waals surface area contributed by atoms with Crippen LogP contribution in [0.25, 0.3) is 11.1 Å². The van der Waals surface area contributed by atoms with E-state index in [2.05, 4.69) is 4.74 Å². The molecule has 0 aliphatic heterocycles. The van der Waals surface area contributed by atoms with Crippen LogP contribution in [0.15, 0.2) is 40.8 Å². The minimum Gasteiger partial charge on any atom is -0.469 e. The molecule has 0 aliphatic rings. The van der Waals surface area contributed by atoms with Gasteiger partial charge in [-0.1, -0.05) is 30.3 Å². The number of carbonyl (C=O) groups excluding carboxylic acids is 1. The first-order chi connectivity index (χ1) is 8.20. The summed E-state index contributed by atoms with van der Waals surface area (Å²) in [5, 5.41) is 0. The summed E-state index contributed by atoms with van der Waals surface area (Å²) in [4.78, 5) is 11.2. The standard InChI is InChI=1S/C14H14O3/c1-10-13(11-6-4-3-5-7-11)8-12(17-10)9-14(15)16-2/h3-8H,9H2,1-2H3. The van der Waals surface area contributed by atoms with Gasteiger partial charge in [0.1, 0.15) is 17.9 Å². The smallest absolute Gasteiger partial charge is 0.313 e. The number of hydrogen-bond acceptors (Lipinski definition) is 3. The number of methoxy groups -OCH3 is 1. The quantitative estimate of drug-likeness (QED) is 0.761. The highest BCUT2D eigenvalue weighted by Gasteiger charge is 2.12. The predicted octanol–water partition coefficient (Wildman–Crippen LogP) is 2.97. The van der Waals surface area contributed by atoms with Gasteiger partial charge in [0.2, 0.25) is 0 Å². The van der Waals surface area contributed by atoms with E-state index in [9.17, 15) is 4.79 Å². The third kappa shape index (κ3) is 2.56. The van der Waals surface area contributed by atoms with E-state index in [1.54, 1.807) is 0 Å². The number of hydrogen-bond donors (Lipinski definition) is 0. The zero-order chi connectivity index (χ0) is 12.3. The van der Waals surface area contributed by atoms with E-state index >= 15 is 0 Å². The summed E-state index contributed by atoms with van der Waals surface area (Å²) >= 11 is 0. The van der Waals surface area contributed by atoms with Crippen molar-refractivity contribution in [2.45, 2.75) is 13.3 Å². The maximum atomic E-state index is 11.2. The predicted molar refractivity (Wildman–Crippen MR) is 64.6 cm³/mol. The van der Waals surface area contributed by atoms with Gasteiger partial charge in [-0.25, -0.2) is 0 Å². The molecule has 0 atom stereocenters. The Morgan fingerprint density at radius 2 is 2.00 bits per heavy atom. The molecule has 3 heteroatoms. The number of furan rings is 1. The molecule has 0 N–H and O–H groups in total. The summed E-state index contributed by atoms with van der Waals surface area (Å²) in [6.45, 7) is 1.89. The molecule has 2 aromatic rings. The highest BCUT2D eigenvalue weighted by atomic mass is 16.5. The van der Waals surface area contributed by atoms with Gasteiger partial charge < -0.3 is 9.15 Å². The highest BCUT2D eigenvalue weighted by Crippen LogP contribution is 2.26. The van der Waals surface area contributed by atoms with Crippen LogP contribution in [-0.4, -0.2) is 13.1 Å². The second-order valence-corrected chi connectivity index (χ2v) is 3.80. The number of esters is 1. The number of rotatable bonds is 3. The zero-order valence-corrected chi connectivity index (χ0v) is 9.90. The molecule has 1 aromatic heterocycles. The third-order valence-electron chi connectivity index (χ3n) is 2.60. The molecule has 0 saturated heterocycles. The lowest BCUT2D eigenvalue weighted by molar-refractivity contribution is -0.140. The Bertz CT molecular complexity index is 512. The second kappa shape index (κ2) is 4.87.